The van der Waals surface area contributed by atoms with E-state index in [0.29, 0.717) is 0 Å². The highest BCUT2D eigenvalue weighted by Crippen LogP contribution is 1.98. The minimum Gasteiger partial charge on any atom is -0.346 e. The van der Waals surface area contributed by atoms with Crippen molar-refractivity contribution in [2.45, 2.75) is 0 Å². The van der Waals surface area contributed by atoms with Gasteiger partial charge in [-0.1, -0.05) is 0 Å². The van der Waals surface area contributed by atoms with Crippen LogP contribution in [0, 0.1) is 0 Å². The second-order valence-corrected chi connectivity index (χ2v) is 3.35. The maximum absolute atomic E-state index is 5.32. The molecule has 0 atom stereocenters. The van der Waals surface area contributed by atoms with E-state index < -0.39 is 0 Å². The first-order valence-corrected chi connectivity index (χ1v) is 4.77. The van der Waals surface area contributed by atoms with Gasteiger partial charge in [-0.2, -0.15) is 0 Å². The molecular formula is C8H12N4S. The molecule has 4 nitrogen and oxygen atoms in total. The van der Waals surface area contributed by atoms with Crippen LogP contribution in [0.2, 0.25) is 0 Å². The first kappa shape index (κ1) is 8.65. The third-order valence-electron chi connectivity index (χ3n) is 2.11. The minimum atomic E-state index is 0.846. The maximum atomic E-state index is 5.32. The van der Waals surface area contributed by atoms with E-state index in [-0.39, 0.29) is 0 Å². The summed E-state index contributed by atoms with van der Waals surface area (Å²) < 4.78 is 1.88. The van der Waals surface area contributed by atoms with Gasteiger partial charge in [-0.05, 0) is 12.2 Å². The monoisotopic (exact) mass is 196 g/mol. The van der Waals surface area contributed by atoms with Crippen molar-refractivity contribution in [2.24, 2.45) is 0 Å². The normalized spacial score (nSPS) is 17.4. The Labute approximate surface area is 82.6 Å². The van der Waals surface area contributed by atoms with Gasteiger partial charge in [0.05, 0.1) is 0 Å². The average molecular weight is 196 g/mol. The summed E-state index contributed by atoms with van der Waals surface area (Å²) >= 11 is 5.32. The fraction of sp³-hybridized carbons (Fsp3) is 0.500. The molecule has 2 rings (SSSR count). The van der Waals surface area contributed by atoms with Gasteiger partial charge in [0, 0.05) is 38.6 Å². The molecule has 0 unspecified atom stereocenters. The largest absolute Gasteiger partial charge is 0.346 e. The lowest BCUT2D eigenvalue weighted by atomic mass is 10.4. The Bertz CT molecular complexity index is 276. The van der Waals surface area contributed by atoms with Crippen LogP contribution in [0.3, 0.4) is 0 Å². The molecule has 2 heterocycles. The van der Waals surface area contributed by atoms with Crippen LogP contribution < -0.4 is 5.32 Å². The van der Waals surface area contributed by atoms with Gasteiger partial charge in [0.1, 0.15) is 6.33 Å². The molecule has 1 fully saturated rings. The summed E-state index contributed by atoms with van der Waals surface area (Å²) in [4.78, 5) is 6.16. The zero-order valence-electron chi connectivity index (χ0n) is 7.31. The number of piperazine rings is 1. The highest BCUT2D eigenvalue weighted by molar-refractivity contribution is 7.80. The molecule has 1 aliphatic heterocycles. The Kier molecular flexibility index (Phi) is 2.56. The van der Waals surface area contributed by atoms with Crippen LogP contribution in [0.5, 0.6) is 0 Å². The van der Waals surface area contributed by atoms with Crippen LogP contribution in [-0.4, -0.2) is 45.7 Å². The summed E-state index contributed by atoms with van der Waals surface area (Å²) in [5, 5.41) is 4.13. The van der Waals surface area contributed by atoms with Crippen molar-refractivity contribution in [1.29, 1.82) is 0 Å². The number of imidazole rings is 1. The topological polar surface area (TPSA) is 33.1 Å². The number of nitrogens with zero attached hydrogens (tertiary/aromatic N) is 3. The number of aromatic nitrogens is 2. The van der Waals surface area contributed by atoms with Gasteiger partial charge >= 0.3 is 0 Å². The van der Waals surface area contributed by atoms with Gasteiger partial charge in [0.25, 0.3) is 0 Å². The van der Waals surface area contributed by atoms with Crippen molar-refractivity contribution < 1.29 is 0 Å². The fourth-order valence-electron chi connectivity index (χ4n) is 1.39. The van der Waals surface area contributed by atoms with Gasteiger partial charge in [0.2, 0.25) is 0 Å². The maximum Gasteiger partial charge on any atom is 0.181 e. The van der Waals surface area contributed by atoms with Crippen molar-refractivity contribution in [3.63, 3.8) is 0 Å². The van der Waals surface area contributed by atoms with Crippen molar-refractivity contribution >= 4 is 17.3 Å². The van der Waals surface area contributed by atoms with Crippen LogP contribution in [0.25, 0.3) is 0 Å². The summed E-state index contributed by atoms with van der Waals surface area (Å²) in [6.45, 7) is 3.98. The molecule has 1 aliphatic rings. The zero-order valence-corrected chi connectivity index (χ0v) is 8.13. The molecule has 1 aromatic rings. The molecule has 0 saturated carbocycles. The van der Waals surface area contributed by atoms with Crippen LogP contribution in [0.15, 0.2) is 18.7 Å². The molecule has 1 aromatic heterocycles. The molecule has 0 aromatic carbocycles. The molecule has 13 heavy (non-hydrogen) atoms. The molecule has 0 bridgehead atoms. The smallest absolute Gasteiger partial charge is 0.181 e. The predicted octanol–water partition coefficient (Wildman–Crippen LogP) is -0.0787. The highest BCUT2D eigenvalue weighted by atomic mass is 32.1. The number of thiocarbonyl (C=S) groups is 1. The summed E-state index contributed by atoms with van der Waals surface area (Å²) in [5.74, 6) is 0. The van der Waals surface area contributed by atoms with Crippen LogP contribution in [0.1, 0.15) is 0 Å². The molecule has 0 amide bonds. The van der Waals surface area contributed by atoms with E-state index >= 15 is 0 Å². The predicted molar refractivity (Wildman–Crippen MR) is 54.7 cm³/mol. The van der Waals surface area contributed by atoms with E-state index in [1.54, 1.807) is 12.5 Å². The molecule has 70 valence electrons. The highest BCUT2D eigenvalue weighted by Gasteiger charge is 2.13. The van der Waals surface area contributed by atoms with E-state index in [1.807, 2.05) is 10.8 Å². The Morgan fingerprint density at radius 1 is 1.38 bits per heavy atom. The molecule has 0 aliphatic carbocycles. The van der Waals surface area contributed by atoms with Gasteiger partial charge in [-0.15, -0.1) is 0 Å². The lowest BCUT2D eigenvalue weighted by molar-refractivity contribution is 0.354. The Morgan fingerprint density at radius 2 is 2.15 bits per heavy atom. The second-order valence-electron chi connectivity index (χ2n) is 2.99. The quantitative estimate of drug-likeness (QED) is 0.588. The molecule has 0 spiro atoms. The third-order valence-corrected chi connectivity index (χ3v) is 2.58. The molecule has 5 heteroatoms. The molecule has 1 N–H and O–H groups in total. The van der Waals surface area contributed by atoms with Gasteiger partial charge in [0.15, 0.2) is 5.11 Å². The van der Waals surface area contributed by atoms with E-state index in [9.17, 15) is 0 Å². The molecule has 1 saturated heterocycles. The summed E-state index contributed by atoms with van der Waals surface area (Å²) in [5.41, 5.74) is 0. The van der Waals surface area contributed by atoms with Crippen LogP contribution in [0.4, 0.5) is 0 Å². The van der Waals surface area contributed by atoms with E-state index in [0.717, 1.165) is 31.3 Å². The molecular weight excluding hydrogens is 184 g/mol. The molecule has 0 radical (unpaired) electrons. The zero-order chi connectivity index (χ0) is 9.10. The standard InChI is InChI=1S/C8H12N4S/c13-8(12-6-3-10-7-12)11-4-1-9-2-5-11/h3,6-7,9H,1-2,4-5H2. The average Bonchev–Trinajstić information content (AvgIpc) is 2.71. The summed E-state index contributed by atoms with van der Waals surface area (Å²) in [6, 6.07) is 0. The van der Waals surface area contributed by atoms with Crippen molar-refractivity contribution in [3.8, 4) is 0 Å². The van der Waals surface area contributed by atoms with Crippen LogP contribution >= 0.6 is 12.2 Å². The first-order chi connectivity index (χ1) is 6.38. The van der Waals surface area contributed by atoms with E-state index in [1.165, 1.54) is 0 Å². The van der Waals surface area contributed by atoms with Crippen molar-refractivity contribution in [3.05, 3.63) is 18.7 Å². The fourth-order valence-corrected chi connectivity index (χ4v) is 1.68. The van der Waals surface area contributed by atoms with Gasteiger partial charge in [-0.25, -0.2) is 4.98 Å². The van der Waals surface area contributed by atoms with Gasteiger partial charge < -0.3 is 10.2 Å². The van der Waals surface area contributed by atoms with Gasteiger partial charge in [-0.3, -0.25) is 4.57 Å². The first-order valence-electron chi connectivity index (χ1n) is 4.36. The van der Waals surface area contributed by atoms with E-state index in [4.69, 9.17) is 12.2 Å². The second kappa shape index (κ2) is 3.85. The van der Waals surface area contributed by atoms with Crippen molar-refractivity contribution in [2.75, 3.05) is 26.2 Å². The minimum absolute atomic E-state index is 0.846. The number of rotatable bonds is 0. The van der Waals surface area contributed by atoms with Crippen molar-refractivity contribution in [1.82, 2.24) is 19.8 Å². The SMILES string of the molecule is S=C(N1CCNCC1)n1ccnc1. The number of hydrogen-bond donors (Lipinski definition) is 1. The Balaban J connectivity index is 2.04. The Hall–Kier alpha value is -0.940. The number of nitrogens with one attached hydrogen (secondary N) is 1. The summed E-state index contributed by atoms with van der Waals surface area (Å²) in [7, 11) is 0. The Morgan fingerprint density at radius 3 is 2.77 bits per heavy atom. The summed E-state index contributed by atoms with van der Waals surface area (Å²) in [6.07, 6.45) is 5.36. The lowest BCUT2D eigenvalue weighted by Gasteiger charge is -2.29. The van der Waals surface area contributed by atoms with E-state index in [2.05, 4.69) is 15.2 Å². The number of hydrogen-bond acceptors (Lipinski definition) is 3. The lowest BCUT2D eigenvalue weighted by Crippen LogP contribution is -2.47. The third kappa shape index (κ3) is 1.87. The van der Waals surface area contributed by atoms with Crippen LogP contribution in [-0.2, 0) is 0 Å².